The van der Waals surface area contributed by atoms with Crippen molar-refractivity contribution >= 4 is 5.91 Å². The normalized spacial score (nSPS) is 13.5. The van der Waals surface area contributed by atoms with Crippen LogP contribution in [-0.4, -0.2) is 29.8 Å². The van der Waals surface area contributed by atoms with Crippen LogP contribution in [-0.2, 0) is 16.1 Å². The minimum absolute atomic E-state index is 0.163. The highest BCUT2D eigenvalue weighted by molar-refractivity contribution is 5.84. The number of hydrogen-bond donors (Lipinski definition) is 1. The Morgan fingerprint density at radius 1 is 1.59 bits per heavy atom. The van der Waals surface area contributed by atoms with Gasteiger partial charge in [-0.3, -0.25) is 4.79 Å². The van der Waals surface area contributed by atoms with Gasteiger partial charge in [0.05, 0.1) is 18.2 Å². The molecule has 0 saturated heterocycles. The summed E-state index contributed by atoms with van der Waals surface area (Å²) in [7, 11) is 1.59. The van der Waals surface area contributed by atoms with Crippen molar-refractivity contribution in [2.45, 2.75) is 19.9 Å². The first-order valence-corrected chi connectivity index (χ1v) is 6.86. The fourth-order valence-electron chi connectivity index (χ4n) is 1.81. The van der Waals surface area contributed by atoms with Gasteiger partial charge >= 0.3 is 0 Å². The number of hydrogen-bond acceptors (Lipinski definition) is 6. The van der Waals surface area contributed by atoms with Crippen molar-refractivity contribution in [2.75, 3.05) is 13.7 Å². The molecular weight excluding hydrogens is 286 g/mol. The van der Waals surface area contributed by atoms with Crippen LogP contribution < -0.4 is 5.32 Å². The highest BCUT2D eigenvalue weighted by Gasteiger charge is 2.29. The second kappa shape index (κ2) is 7.04. The number of furan rings is 1. The number of ether oxygens (including phenoxy) is 1. The molecular formula is C15H19N3O4. The van der Waals surface area contributed by atoms with Crippen LogP contribution in [0.3, 0.4) is 0 Å². The van der Waals surface area contributed by atoms with Crippen LogP contribution in [0.1, 0.15) is 19.2 Å². The maximum Gasteiger partial charge on any atom is 0.293 e. The van der Waals surface area contributed by atoms with Gasteiger partial charge in [-0.05, 0) is 25.5 Å². The van der Waals surface area contributed by atoms with Crippen molar-refractivity contribution in [3.63, 3.8) is 0 Å². The molecule has 0 saturated carbocycles. The number of carbonyl (C=O) groups is 1. The molecule has 0 spiro atoms. The molecule has 1 atom stereocenters. The average molecular weight is 305 g/mol. The van der Waals surface area contributed by atoms with E-state index in [1.54, 1.807) is 32.2 Å². The monoisotopic (exact) mass is 305 g/mol. The number of methoxy groups -OCH3 is 1. The first kappa shape index (κ1) is 16.0. The molecule has 1 amide bonds. The second-order valence-corrected chi connectivity index (χ2v) is 5.04. The summed E-state index contributed by atoms with van der Waals surface area (Å²) in [4.78, 5) is 16.4. The smallest absolute Gasteiger partial charge is 0.293 e. The van der Waals surface area contributed by atoms with Gasteiger partial charge in [-0.25, -0.2) is 0 Å². The quantitative estimate of drug-likeness (QED) is 0.752. The SMILES string of the molecule is C=CC(C)(CCOC)C(=O)NCc1noc(-c2ccco2)n1. The number of carbonyl (C=O) groups excluding carboxylic acids is 1. The molecule has 2 heterocycles. The lowest BCUT2D eigenvalue weighted by Crippen LogP contribution is -2.38. The van der Waals surface area contributed by atoms with Crippen LogP contribution in [0.4, 0.5) is 0 Å². The highest BCUT2D eigenvalue weighted by Crippen LogP contribution is 2.23. The van der Waals surface area contributed by atoms with E-state index in [0.29, 0.717) is 24.6 Å². The molecule has 2 rings (SSSR count). The van der Waals surface area contributed by atoms with E-state index in [2.05, 4.69) is 22.0 Å². The molecule has 7 heteroatoms. The Bertz CT molecular complexity index is 621. The molecule has 0 fully saturated rings. The Balaban J connectivity index is 1.94. The van der Waals surface area contributed by atoms with E-state index in [1.165, 1.54) is 6.26 Å². The summed E-state index contributed by atoms with van der Waals surface area (Å²) < 4.78 is 15.3. The third-order valence-electron chi connectivity index (χ3n) is 3.40. The van der Waals surface area contributed by atoms with E-state index in [4.69, 9.17) is 13.7 Å². The molecule has 22 heavy (non-hydrogen) atoms. The summed E-state index contributed by atoms with van der Waals surface area (Å²) in [6, 6.07) is 3.45. The van der Waals surface area contributed by atoms with Gasteiger partial charge in [0.2, 0.25) is 5.91 Å². The van der Waals surface area contributed by atoms with Gasteiger partial charge in [0.25, 0.3) is 5.89 Å². The molecule has 2 aromatic rings. The lowest BCUT2D eigenvalue weighted by Gasteiger charge is -2.23. The molecule has 0 bridgehead atoms. The molecule has 0 radical (unpaired) electrons. The van der Waals surface area contributed by atoms with Crippen LogP contribution in [0.15, 0.2) is 40.0 Å². The van der Waals surface area contributed by atoms with E-state index in [9.17, 15) is 4.79 Å². The summed E-state index contributed by atoms with van der Waals surface area (Å²) in [5, 5.41) is 6.58. The van der Waals surface area contributed by atoms with Crippen molar-refractivity contribution < 1.29 is 18.5 Å². The zero-order valence-corrected chi connectivity index (χ0v) is 12.7. The van der Waals surface area contributed by atoms with Crippen LogP contribution in [0, 0.1) is 5.41 Å². The topological polar surface area (TPSA) is 90.4 Å². The third-order valence-corrected chi connectivity index (χ3v) is 3.40. The van der Waals surface area contributed by atoms with Crippen LogP contribution >= 0.6 is 0 Å². The van der Waals surface area contributed by atoms with Gasteiger partial charge < -0.3 is 19.0 Å². The number of nitrogens with one attached hydrogen (secondary N) is 1. The molecule has 0 aliphatic heterocycles. The van der Waals surface area contributed by atoms with E-state index < -0.39 is 5.41 Å². The van der Waals surface area contributed by atoms with Gasteiger partial charge in [0.1, 0.15) is 0 Å². The summed E-state index contributed by atoms with van der Waals surface area (Å²) in [5.74, 6) is 0.975. The van der Waals surface area contributed by atoms with Crippen LogP contribution in [0.5, 0.6) is 0 Å². The Hall–Kier alpha value is -2.41. The molecule has 7 nitrogen and oxygen atoms in total. The van der Waals surface area contributed by atoms with Gasteiger partial charge in [-0.1, -0.05) is 11.2 Å². The van der Waals surface area contributed by atoms with Crippen molar-refractivity contribution in [1.82, 2.24) is 15.5 Å². The molecule has 118 valence electrons. The fourth-order valence-corrected chi connectivity index (χ4v) is 1.81. The number of aromatic nitrogens is 2. The number of nitrogens with zero attached hydrogens (tertiary/aromatic N) is 2. The highest BCUT2D eigenvalue weighted by atomic mass is 16.5. The van der Waals surface area contributed by atoms with E-state index >= 15 is 0 Å². The molecule has 0 aromatic carbocycles. The lowest BCUT2D eigenvalue weighted by atomic mass is 9.86. The summed E-state index contributed by atoms with van der Waals surface area (Å²) in [6.07, 6.45) is 3.68. The summed E-state index contributed by atoms with van der Waals surface area (Å²) >= 11 is 0. The molecule has 1 unspecified atom stereocenters. The predicted octanol–water partition coefficient (Wildman–Crippen LogP) is 2.17. The first-order valence-electron chi connectivity index (χ1n) is 6.86. The third kappa shape index (κ3) is 3.62. The second-order valence-electron chi connectivity index (χ2n) is 5.04. The summed E-state index contributed by atoms with van der Waals surface area (Å²) in [6.45, 7) is 6.16. The van der Waals surface area contributed by atoms with E-state index in [0.717, 1.165) is 0 Å². The Labute approximate surface area is 128 Å². The maximum atomic E-state index is 12.3. The fraction of sp³-hybridized carbons (Fsp3) is 0.400. The molecule has 0 aliphatic carbocycles. The van der Waals surface area contributed by atoms with Gasteiger partial charge in [0.15, 0.2) is 11.6 Å². The molecule has 2 aromatic heterocycles. The molecule has 1 N–H and O–H groups in total. The van der Waals surface area contributed by atoms with E-state index in [-0.39, 0.29) is 18.3 Å². The zero-order valence-electron chi connectivity index (χ0n) is 12.7. The number of amides is 1. The largest absolute Gasteiger partial charge is 0.459 e. The minimum Gasteiger partial charge on any atom is -0.459 e. The van der Waals surface area contributed by atoms with Crippen molar-refractivity contribution in [3.05, 3.63) is 36.9 Å². The Morgan fingerprint density at radius 3 is 3.05 bits per heavy atom. The van der Waals surface area contributed by atoms with Crippen LogP contribution in [0.2, 0.25) is 0 Å². The Kier molecular flexibility index (Phi) is 5.11. The lowest BCUT2D eigenvalue weighted by molar-refractivity contribution is -0.128. The van der Waals surface area contributed by atoms with Gasteiger partial charge in [-0.15, -0.1) is 6.58 Å². The Morgan fingerprint density at radius 2 is 2.41 bits per heavy atom. The van der Waals surface area contributed by atoms with Gasteiger partial charge in [-0.2, -0.15) is 4.98 Å². The van der Waals surface area contributed by atoms with E-state index in [1.807, 2.05) is 0 Å². The van der Waals surface area contributed by atoms with Crippen molar-refractivity contribution in [3.8, 4) is 11.7 Å². The van der Waals surface area contributed by atoms with Gasteiger partial charge in [0, 0.05) is 13.7 Å². The number of rotatable bonds is 8. The van der Waals surface area contributed by atoms with Crippen molar-refractivity contribution in [1.29, 1.82) is 0 Å². The van der Waals surface area contributed by atoms with Crippen molar-refractivity contribution in [2.24, 2.45) is 5.41 Å². The minimum atomic E-state index is -0.705. The maximum absolute atomic E-state index is 12.3. The zero-order chi connectivity index (χ0) is 16.0. The van der Waals surface area contributed by atoms with Crippen LogP contribution in [0.25, 0.3) is 11.7 Å². The standard InChI is InChI=1S/C15H19N3O4/c1-4-15(2,7-9-20-3)14(19)16-10-12-17-13(22-18-12)11-6-5-8-21-11/h4-6,8H,1,7,9-10H2,2-3H3,(H,16,19). The first-order chi connectivity index (χ1) is 10.6. The summed E-state index contributed by atoms with van der Waals surface area (Å²) in [5.41, 5.74) is -0.705. The predicted molar refractivity (Wildman–Crippen MR) is 78.6 cm³/mol. The molecule has 0 aliphatic rings. The average Bonchev–Trinajstić information content (AvgIpc) is 3.20.